The van der Waals surface area contributed by atoms with Crippen molar-refractivity contribution >= 4 is 11.5 Å². The van der Waals surface area contributed by atoms with Gasteiger partial charge in [0.25, 0.3) is 0 Å². The molecule has 0 saturated carbocycles. The Kier molecular flexibility index (Phi) is 9.48. The van der Waals surface area contributed by atoms with Crippen LogP contribution in [0.2, 0.25) is 0 Å². The number of halogens is 1. The predicted molar refractivity (Wildman–Crippen MR) is 13.0 cm³/mol. The van der Waals surface area contributed by atoms with Crippen LogP contribution in [0.25, 0.3) is 0 Å². The molecule has 0 aromatic heterocycles. The van der Waals surface area contributed by atoms with Crippen LogP contribution < -0.4 is 29.6 Å². The SMILES string of the molecule is O=S(O)F.[H-].[Na+]. The first-order chi connectivity index (χ1) is 1.73. The van der Waals surface area contributed by atoms with Crippen LogP contribution in [0.3, 0.4) is 0 Å². The molecular weight excluding hydrogens is 106 g/mol. The van der Waals surface area contributed by atoms with Crippen molar-refractivity contribution in [1.82, 2.24) is 0 Å². The van der Waals surface area contributed by atoms with E-state index in [2.05, 4.69) is 0 Å². The summed E-state index contributed by atoms with van der Waals surface area (Å²) in [4.78, 5) is 0. The van der Waals surface area contributed by atoms with E-state index in [1.165, 1.54) is 0 Å². The molecule has 1 N–H and O–H groups in total. The molecule has 2 nitrogen and oxygen atoms in total. The van der Waals surface area contributed by atoms with E-state index in [1.807, 2.05) is 0 Å². The summed E-state index contributed by atoms with van der Waals surface area (Å²) in [5, 5.41) is 0. The number of rotatable bonds is 0. The van der Waals surface area contributed by atoms with Gasteiger partial charge in [-0.1, -0.05) is 0 Å². The fourth-order valence-electron chi connectivity index (χ4n) is 0. The number of hydrogen-bond donors (Lipinski definition) is 1. The molecule has 0 fully saturated rings. The molecule has 0 heterocycles. The Morgan fingerprint density at radius 2 is 2.00 bits per heavy atom. The van der Waals surface area contributed by atoms with E-state index in [0.717, 1.165) is 0 Å². The molecule has 5 heavy (non-hydrogen) atoms. The minimum atomic E-state index is -3.11. The molecule has 1 atom stereocenters. The van der Waals surface area contributed by atoms with Crippen molar-refractivity contribution in [2.75, 3.05) is 0 Å². The predicted octanol–water partition coefficient (Wildman–Crippen LogP) is -2.79. The molecule has 0 aliphatic carbocycles. The molecule has 0 rings (SSSR count). The van der Waals surface area contributed by atoms with Gasteiger partial charge < -0.3 is 1.43 Å². The summed E-state index contributed by atoms with van der Waals surface area (Å²) in [7, 11) is 0. The standard InChI is InChI=1S/FHO2S.Na.H/c1-4(2)3;;/h(H,2,3);;/q;+1;-1. The van der Waals surface area contributed by atoms with Crippen molar-refractivity contribution in [2.45, 2.75) is 0 Å². The van der Waals surface area contributed by atoms with Crippen molar-refractivity contribution in [2.24, 2.45) is 0 Å². The molecule has 1 unspecified atom stereocenters. The second-order valence-corrected chi connectivity index (χ2v) is 0.620. The first-order valence-electron chi connectivity index (χ1n) is 0.504. The van der Waals surface area contributed by atoms with Gasteiger partial charge in [-0.3, -0.25) is 4.55 Å². The Bertz CT molecular complexity index is 36.5. The summed E-state index contributed by atoms with van der Waals surface area (Å²) in [6.07, 6.45) is 0. The van der Waals surface area contributed by atoms with Gasteiger partial charge in [0, 0.05) is 0 Å². The summed E-state index contributed by atoms with van der Waals surface area (Å²) in [5.74, 6) is 0. The van der Waals surface area contributed by atoms with E-state index in [0.29, 0.717) is 0 Å². The summed E-state index contributed by atoms with van der Waals surface area (Å²) in [6, 6.07) is 0. The zero-order valence-electron chi connectivity index (χ0n) is 3.64. The Hall–Kier alpha value is 1.04. The van der Waals surface area contributed by atoms with E-state index >= 15 is 0 Å². The molecule has 0 saturated heterocycles. The van der Waals surface area contributed by atoms with Crippen molar-refractivity contribution in [3.63, 3.8) is 0 Å². The van der Waals surface area contributed by atoms with Crippen LogP contribution in [0.1, 0.15) is 1.43 Å². The van der Waals surface area contributed by atoms with Crippen LogP contribution in [0.4, 0.5) is 3.89 Å². The van der Waals surface area contributed by atoms with E-state index in [1.54, 1.807) is 0 Å². The van der Waals surface area contributed by atoms with Gasteiger partial charge in [-0.2, -0.15) is 4.21 Å². The summed E-state index contributed by atoms with van der Waals surface area (Å²) in [6.45, 7) is 0. The third kappa shape index (κ3) is 43.1. The smallest absolute Gasteiger partial charge is 1.00 e. The van der Waals surface area contributed by atoms with E-state index in [4.69, 9.17) is 8.76 Å². The van der Waals surface area contributed by atoms with Crippen LogP contribution in [0.15, 0.2) is 0 Å². The van der Waals surface area contributed by atoms with Gasteiger partial charge in [0.15, 0.2) is 0 Å². The van der Waals surface area contributed by atoms with Gasteiger partial charge in [-0.05, 0) is 0 Å². The van der Waals surface area contributed by atoms with Gasteiger partial charge in [-0.25, -0.2) is 0 Å². The van der Waals surface area contributed by atoms with Crippen molar-refractivity contribution < 1.29 is 43.6 Å². The van der Waals surface area contributed by atoms with Crippen LogP contribution in [0, 0.1) is 0 Å². The van der Waals surface area contributed by atoms with Gasteiger partial charge >= 0.3 is 41.0 Å². The Morgan fingerprint density at radius 3 is 2.00 bits per heavy atom. The molecule has 0 bridgehead atoms. The van der Waals surface area contributed by atoms with E-state index < -0.39 is 11.5 Å². The number of hydrogen-bond acceptors (Lipinski definition) is 1. The second kappa shape index (κ2) is 5.04. The summed E-state index contributed by atoms with van der Waals surface area (Å²) in [5.41, 5.74) is 0. The molecular formula is H2FNaO2S. The van der Waals surface area contributed by atoms with Crippen molar-refractivity contribution in [3.8, 4) is 0 Å². The Labute approximate surface area is 55.1 Å². The Balaban J connectivity index is -0.0000000450. The molecule has 0 aliphatic heterocycles. The van der Waals surface area contributed by atoms with Gasteiger partial charge in [-0.15, -0.1) is 3.89 Å². The molecule has 0 spiro atoms. The first-order valence-corrected chi connectivity index (χ1v) is 1.51. The molecule has 0 radical (unpaired) electrons. The molecule has 0 aromatic rings. The van der Waals surface area contributed by atoms with Crippen LogP contribution in [-0.2, 0) is 11.5 Å². The fraction of sp³-hybridized carbons (Fsp3) is 0. The zero-order valence-corrected chi connectivity index (χ0v) is 5.46. The monoisotopic (exact) mass is 108 g/mol. The topological polar surface area (TPSA) is 37.3 Å². The molecule has 0 aliphatic rings. The summed E-state index contributed by atoms with van der Waals surface area (Å²) < 4.78 is 25.3. The zero-order chi connectivity index (χ0) is 3.58. The average molecular weight is 108 g/mol. The van der Waals surface area contributed by atoms with Crippen molar-refractivity contribution in [3.05, 3.63) is 0 Å². The minimum absolute atomic E-state index is 0. The van der Waals surface area contributed by atoms with Gasteiger partial charge in [0.2, 0.25) is 0 Å². The normalized spacial score (nSPS) is 12.4. The maximum absolute atomic E-state index is 10.0. The maximum Gasteiger partial charge on any atom is 1.00 e. The maximum atomic E-state index is 10.0. The van der Waals surface area contributed by atoms with Gasteiger partial charge in [0.1, 0.15) is 0 Å². The molecule has 0 aromatic carbocycles. The fourth-order valence-corrected chi connectivity index (χ4v) is 0. The third-order valence-electron chi connectivity index (χ3n) is 0. The molecule has 28 valence electrons. The van der Waals surface area contributed by atoms with Gasteiger partial charge in [0.05, 0.1) is 0 Å². The first kappa shape index (κ1) is 9.40. The van der Waals surface area contributed by atoms with Crippen LogP contribution in [0.5, 0.6) is 0 Å². The average Bonchev–Trinajstić information content (AvgIpc) is 0.811. The third-order valence-corrected chi connectivity index (χ3v) is 0. The second-order valence-electron chi connectivity index (χ2n) is 0.207. The minimum Gasteiger partial charge on any atom is -1.00 e. The summed E-state index contributed by atoms with van der Waals surface area (Å²) >= 11 is -3.11. The quantitative estimate of drug-likeness (QED) is 0.207. The van der Waals surface area contributed by atoms with E-state index in [9.17, 15) is 3.89 Å². The Morgan fingerprint density at radius 1 is 2.00 bits per heavy atom. The molecule has 5 heteroatoms. The molecule has 0 amide bonds. The van der Waals surface area contributed by atoms with Crippen LogP contribution in [-0.4, -0.2) is 8.76 Å². The van der Waals surface area contributed by atoms with Crippen LogP contribution >= 0.6 is 0 Å². The van der Waals surface area contributed by atoms with Crippen molar-refractivity contribution in [1.29, 1.82) is 0 Å². The van der Waals surface area contributed by atoms with E-state index in [-0.39, 0.29) is 31.0 Å². The largest absolute Gasteiger partial charge is 1.00 e.